The second kappa shape index (κ2) is 4.90. The molecule has 2 aromatic rings. The number of hydrogen-bond donors (Lipinski definition) is 2. The minimum atomic E-state index is 0.573. The number of rotatable bonds is 4. The second-order valence-corrected chi connectivity index (χ2v) is 3.81. The molecule has 2 aromatic heterocycles. The number of aromatic nitrogens is 4. The number of fused-ring (bicyclic) bond motifs is 1. The van der Waals surface area contributed by atoms with Crippen LogP contribution in [0.4, 0.5) is 0 Å². The van der Waals surface area contributed by atoms with Gasteiger partial charge in [-0.05, 0) is 0 Å². The minimum Gasteiger partial charge on any atom is -0.341 e. The van der Waals surface area contributed by atoms with Gasteiger partial charge >= 0.3 is 0 Å². The van der Waals surface area contributed by atoms with Crippen molar-refractivity contribution in [3.05, 3.63) is 24.8 Å². The zero-order valence-corrected chi connectivity index (χ0v) is 8.87. The normalized spacial score (nSPS) is 11.5. The molecule has 3 N–H and O–H groups in total. The van der Waals surface area contributed by atoms with E-state index < -0.39 is 0 Å². The number of nitrogens with one attached hydrogen (secondary N) is 1. The van der Waals surface area contributed by atoms with Crippen LogP contribution in [0, 0.1) is 0 Å². The van der Waals surface area contributed by atoms with Gasteiger partial charge in [0.25, 0.3) is 0 Å². The van der Waals surface area contributed by atoms with Gasteiger partial charge in [-0.25, -0.2) is 15.0 Å². The number of thioether (sulfide) groups is 1. The van der Waals surface area contributed by atoms with Crippen molar-refractivity contribution in [1.82, 2.24) is 19.9 Å². The highest BCUT2D eigenvalue weighted by molar-refractivity contribution is 7.99. The van der Waals surface area contributed by atoms with Crippen molar-refractivity contribution in [1.29, 1.82) is 0 Å². The highest BCUT2D eigenvalue weighted by Crippen LogP contribution is 2.21. The first kappa shape index (κ1) is 10.1. The van der Waals surface area contributed by atoms with E-state index in [1.165, 1.54) is 6.33 Å². The van der Waals surface area contributed by atoms with Gasteiger partial charge in [0, 0.05) is 12.3 Å². The van der Waals surface area contributed by atoms with Crippen molar-refractivity contribution >= 4 is 22.9 Å². The molecule has 0 aromatic carbocycles. The molecule has 78 valence electrons. The quantitative estimate of drug-likeness (QED) is 0.456. The Morgan fingerprint density at radius 2 is 2.27 bits per heavy atom. The molecular formula is C9H11N5S. The van der Waals surface area contributed by atoms with Crippen molar-refractivity contribution in [3.63, 3.8) is 0 Å². The fraction of sp³-hybridized carbons (Fsp3) is 0.222. The molecule has 0 aliphatic rings. The van der Waals surface area contributed by atoms with Crippen LogP contribution in [0.25, 0.3) is 11.2 Å². The van der Waals surface area contributed by atoms with E-state index in [0.717, 1.165) is 16.3 Å². The summed E-state index contributed by atoms with van der Waals surface area (Å²) in [5.41, 5.74) is 6.94. The standard InChI is InChI=1S/C9H11N5S/c10-3-1-2-4-15-9-7-8(12-5-11-7)13-6-14-9/h1-2,5-6H,3-4,10H2,(H,11,12,13,14). The summed E-state index contributed by atoms with van der Waals surface area (Å²) in [6.07, 6.45) is 7.10. The van der Waals surface area contributed by atoms with Crippen LogP contribution in [-0.2, 0) is 0 Å². The summed E-state index contributed by atoms with van der Waals surface area (Å²) < 4.78 is 0. The Morgan fingerprint density at radius 3 is 3.13 bits per heavy atom. The number of hydrogen-bond acceptors (Lipinski definition) is 5. The highest BCUT2D eigenvalue weighted by atomic mass is 32.2. The Morgan fingerprint density at radius 1 is 1.33 bits per heavy atom. The van der Waals surface area contributed by atoms with Gasteiger partial charge < -0.3 is 10.7 Å². The van der Waals surface area contributed by atoms with Gasteiger partial charge in [0.15, 0.2) is 5.65 Å². The van der Waals surface area contributed by atoms with E-state index >= 15 is 0 Å². The molecule has 2 rings (SSSR count). The predicted octanol–water partition coefficient (Wildman–Crippen LogP) is 0.960. The number of aromatic amines is 1. The van der Waals surface area contributed by atoms with Crippen LogP contribution in [0.2, 0.25) is 0 Å². The zero-order valence-electron chi connectivity index (χ0n) is 8.05. The van der Waals surface area contributed by atoms with Crippen LogP contribution in [-0.4, -0.2) is 32.2 Å². The topological polar surface area (TPSA) is 80.5 Å². The Hall–Kier alpha value is -1.40. The summed E-state index contributed by atoms with van der Waals surface area (Å²) in [6, 6.07) is 0. The smallest absolute Gasteiger partial charge is 0.181 e. The van der Waals surface area contributed by atoms with Crippen molar-refractivity contribution in [2.45, 2.75) is 5.03 Å². The molecule has 0 aliphatic carbocycles. The Bertz CT molecular complexity index is 464. The molecule has 0 saturated carbocycles. The lowest BCUT2D eigenvalue weighted by molar-refractivity contribution is 1.09. The lowest BCUT2D eigenvalue weighted by Crippen LogP contribution is -1.92. The summed E-state index contributed by atoms with van der Waals surface area (Å²) in [5, 5.41) is 0.916. The van der Waals surface area contributed by atoms with E-state index in [2.05, 4.69) is 19.9 Å². The molecule has 2 heterocycles. The van der Waals surface area contributed by atoms with Crippen LogP contribution in [0.15, 0.2) is 29.8 Å². The van der Waals surface area contributed by atoms with E-state index in [1.54, 1.807) is 18.1 Å². The van der Waals surface area contributed by atoms with Gasteiger partial charge in [-0.1, -0.05) is 23.9 Å². The van der Waals surface area contributed by atoms with E-state index in [-0.39, 0.29) is 0 Å². The third kappa shape index (κ3) is 2.34. The van der Waals surface area contributed by atoms with Crippen molar-refractivity contribution in [2.24, 2.45) is 5.73 Å². The van der Waals surface area contributed by atoms with Crippen LogP contribution in [0.3, 0.4) is 0 Å². The third-order valence-electron chi connectivity index (χ3n) is 1.81. The first-order chi connectivity index (χ1) is 7.42. The molecule has 0 amide bonds. The second-order valence-electron chi connectivity index (χ2n) is 2.80. The monoisotopic (exact) mass is 221 g/mol. The number of nitrogens with two attached hydrogens (primary N) is 1. The van der Waals surface area contributed by atoms with Gasteiger partial charge in [-0.3, -0.25) is 0 Å². The van der Waals surface area contributed by atoms with Gasteiger partial charge in [0.2, 0.25) is 0 Å². The molecule has 0 radical (unpaired) electrons. The Balaban J connectivity index is 2.13. The average molecular weight is 221 g/mol. The van der Waals surface area contributed by atoms with Crippen LogP contribution >= 0.6 is 11.8 Å². The molecule has 6 heteroatoms. The van der Waals surface area contributed by atoms with Crippen molar-refractivity contribution in [2.75, 3.05) is 12.3 Å². The summed E-state index contributed by atoms with van der Waals surface area (Å²) in [6.45, 7) is 0.573. The molecular weight excluding hydrogens is 210 g/mol. The van der Waals surface area contributed by atoms with E-state index in [1.807, 2.05) is 12.2 Å². The van der Waals surface area contributed by atoms with E-state index in [4.69, 9.17) is 5.73 Å². The fourth-order valence-electron chi connectivity index (χ4n) is 1.14. The largest absolute Gasteiger partial charge is 0.341 e. The summed E-state index contributed by atoms with van der Waals surface area (Å²) in [5.74, 6) is 0.850. The molecule has 5 nitrogen and oxygen atoms in total. The molecule has 0 spiro atoms. The fourth-order valence-corrected chi connectivity index (χ4v) is 1.95. The molecule has 0 unspecified atom stereocenters. The maximum absolute atomic E-state index is 5.34. The maximum atomic E-state index is 5.34. The van der Waals surface area contributed by atoms with E-state index in [9.17, 15) is 0 Å². The molecule has 15 heavy (non-hydrogen) atoms. The molecule has 0 saturated heterocycles. The Kier molecular flexibility index (Phi) is 3.31. The molecule has 0 bridgehead atoms. The minimum absolute atomic E-state index is 0.573. The average Bonchev–Trinajstić information content (AvgIpc) is 2.73. The molecule has 0 fully saturated rings. The van der Waals surface area contributed by atoms with Gasteiger partial charge in [0.1, 0.15) is 16.9 Å². The van der Waals surface area contributed by atoms with E-state index in [0.29, 0.717) is 12.2 Å². The number of imidazole rings is 1. The lowest BCUT2D eigenvalue weighted by Gasteiger charge is -1.97. The third-order valence-corrected chi connectivity index (χ3v) is 2.75. The molecule has 0 atom stereocenters. The SMILES string of the molecule is NCC=CCSc1ncnc2nc[nH]c12. The van der Waals surface area contributed by atoms with Gasteiger partial charge in [-0.15, -0.1) is 0 Å². The number of nitrogens with zero attached hydrogens (tertiary/aromatic N) is 3. The number of H-pyrrole nitrogens is 1. The zero-order chi connectivity index (χ0) is 10.5. The van der Waals surface area contributed by atoms with Gasteiger partial charge in [0.05, 0.1) is 6.33 Å². The highest BCUT2D eigenvalue weighted by Gasteiger charge is 2.04. The van der Waals surface area contributed by atoms with Crippen LogP contribution in [0.1, 0.15) is 0 Å². The maximum Gasteiger partial charge on any atom is 0.181 e. The lowest BCUT2D eigenvalue weighted by atomic mass is 10.5. The van der Waals surface area contributed by atoms with Crippen molar-refractivity contribution < 1.29 is 0 Å². The predicted molar refractivity (Wildman–Crippen MR) is 60.6 cm³/mol. The molecule has 0 aliphatic heterocycles. The first-order valence-corrected chi connectivity index (χ1v) is 5.52. The first-order valence-electron chi connectivity index (χ1n) is 4.53. The summed E-state index contributed by atoms with van der Waals surface area (Å²) >= 11 is 1.63. The summed E-state index contributed by atoms with van der Waals surface area (Å²) in [4.78, 5) is 15.3. The van der Waals surface area contributed by atoms with Gasteiger partial charge in [-0.2, -0.15) is 0 Å². The van der Waals surface area contributed by atoms with Crippen LogP contribution in [0.5, 0.6) is 0 Å². The van der Waals surface area contributed by atoms with Crippen molar-refractivity contribution in [3.8, 4) is 0 Å². The summed E-state index contributed by atoms with van der Waals surface area (Å²) in [7, 11) is 0. The van der Waals surface area contributed by atoms with Crippen LogP contribution < -0.4 is 5.73 Å². The Labute approximate surface area is 91.2 Å².